The van der Waals surface area contributed by atoms with Crippen LogP contribution in [0.5, 0.6) is 11.5 Å². The Labute approximate surface area is 382 Å². The fourth-order valence-electron chi connectivity index (χ4n) is 11.6. The summed E-state index contributed by atoms with van der Waals surface area (Å²) in [5.74, 6) is 1.66. The van der Waals surface area contributed by atoms with Crippen LogP contribution in [0.2, 0.25) is 0 Å². The number of nitrogens with zero attached hydrogens (tertiary/aromatic N) is 1. The van der Waals surface area contributed by atoms with E-state index in [2.05, 4.69) is 217 Å². The Balaban J connectivity index is 1.04. The van der Waals surface area contributed by atoms with Crippen LogP contribution in [0.3, 0.4) is 0 Å². The molecule has 310 valence electrons. The molecule has 66 heavy (non-hydrogen) atoms. The van der Waals surface area contributed by atoms with E-state index in [1.165, 1.54) is 31.9 Å². The second kappa shape index (κ2) is 14.1. The minimum Gasteiger partial charge on any atom is -0.457 e. The molecule has 4 heterocycles. The lowest BCUT2D eigenvalue weighted by atomic mass is 9.63. The lowest BCUT2D eigenvalue weighted by Gasteiger charge is -2.51. The lowest BCUT2D eigenvalue weighted by Crippen LogP contribution is -2.79. The van der Waals surface area contributed by atoms with Crippen LogP contribution in [0.1, 0.15) is 22.3 Å². The molecule has 0 atom stereocenters. The molecule has 0 radical (unpaired) electrons. The molecule has 5 heteroatoms. The second-order valence-electron chi connectivity index (χ2n) is 17.5. The third-order valence-electron chi connectivity index (χ3n) is 14.3. The van der Waals surface area contributed by atoms with Crippen molar-refractivity contribution in [2.75, 3.05) is 4.90 Å². The van der Waals surface area contributed by atoms with Gasteiger partial charge in [0.1, 0.15) is 33.8 Å². The molecular weight excluding hydrogens is 823 g/mol. The molecule has 4 nitrogen and oxygen atoms in total. The minimum absolute atomic E-state index is 0.693. The molecule has 2 aromatic heterocycles. The molecule has 0 bridgehead atoms. The zero-order valence-corrected chi connectivity index (χ0v) is 36.7. The molecular formula is C61H39NO3Si. The summed E-state index contributed by atoms with van der Waals surface area (Å²) in [6, 6.07) is 86.0. The minimum atomic E-state index is -2.88. The molecule has 0 amide bonds. The molecule has 0 saturated heterocycles. The van der Waals surface area contributed by atoms with Crippen molar-refractivity contribution in [2.24, 2.45) is 0 Å². The molecule has 0 N–H and O–H groups in total. The number of furan rings is 2. The van der Waals surface area contributed by atoms with Gasteiger partial charge in [-0.05, 0) is 80.4 Å². The van der Waals surface area contributed by atoms with Crippen molar-refractivity contribution in [3.8, 4) is 11.5 Å². The Morgan fingerprint density at radius 3 is 1.32 bits per heavy atom. The normalized spacial score (nSPS) is 14.1. The maximum atomic E-state index is 7.19. The van der Waals surface area contributed by atoms with E-state index in [1.807, 2.05) is 24.3 Å². The lowest BCUT2D eigenvalue weighted by molar-refractivity contribution is 0.435. The quantitative estimate of drug-likeness (QED) is 0.162. The van der Waals surface area contributed by atoms with Crippen molar-refractivity contribution in [3.63, 3.8) is 0 Å². The van der Waals surface area contributed by atoms with Crippen LogP contribution in [-0.2, 0) is 5.41 Å². The van der Waals surface area contributed by atoms with E-state index in [9.17, 15) is 0 Å². The molecule has 2 aliphatic rings. The Hall–Kier alpha value is -8.38. The summed E-state index contributed by atoms with van der Waals surface area (Å²) in [6.07, 6.45) is 0. The number of hydrogen-bond acceptors (Lipinski definition) is 4. The van der Waals surface area contributed by atoms with Crippen molar-refractivity contribution in [2.45, 2.75) is 5.41 Å². The van der Waals surface area contributed by atoms with Crippen molar-refractivity contribution >= 4 is 89.8 Å². The molecule has 0 saturated carbocycles. The zero-order valence-electron chi connectivity index (χ0n) is 35.7. The predicted octanol–water partition coefficient (Wildman–Crippen LogP) is 13.1. The van der Waals surface area contributed by atoms with E-state index in [4.69, 9.17) is 13.6 Å². The number of hydrogen-bond donors (Lipinski definition) is 0. The highest BCUT2D eigenvalue weighted by molar-refractivity contribution is 7.20. The highest BCUT2D eigenvalue weighted by Crippen LogP contribution is 2.57. The van der Waals surface area contributed by atoms with Crippen LogP contribution >= 0.6 is 0 Å². The van der Waals surface area contributed by atoms with Gasteiger partial charge in [0.05, 0.1) is 5.41 Å². The fraction of sp³-hybridized carbons (Fsp3) is 0.0164. The average molecular weight is 862 g/mol. The molecule has 0 fully saturated rings. The van der Waals surface area contributed by atoms with Crippen molar-refractivity contribution in [3.05, 3.63) is 259 Å². The van der Waals surface area contributed by atoms with Crippen LogP contribution < -0.4 is 30.4 Å². The Bertz CT molecular complexity index is 3690. The molecule has 10 aromatic carbocycles. The average Bonchev–Trinajstić information content (AvgIpc) is 3.95. The molecule has 14 rings (SSSR count). The van der Waals surface area contributed by atoms with E-state index in [0.717, 1.165) is 83.6 Å². The van der Waals surface area contributed by atoms with Crippen molar-refractivity contribution < 1.29 is 13.6 Å². The smallest absolute Gasteiger partial charge is 0.180 e. The van der Waals surface area contributed by atoms with Gasteiger partial charge in [-0.3, -0.25) is 0 Å². The van der Waals surface area contributed by atoms with Crippen LogP contribution in [0.4, 0.5) is 17.1 Å². The third-order valence-corrected chi connectivity index (χ3v) is 19.1. The number of rotatable bonds is 5. The largest absolute Gasteiger partial charge is 0.457 e. The SMILES string of the molecule is c1ccc([Si]2(c3ccccc3)c3ccccc3C3(c4ccccc4Oc4cc(N(c5ccc6c(c5)oc5ccccc56)c5ccc6c(c5)oc5ccccc56)ccc43)c3ccccc32)cc1. The van der Waals surface area contributed by atoms with E-state index in [1.54, 1.807) is 0 Å². The summed E-state index contributed by atoms with van der Waals surface area (Å²) in [5, 5.41) is 9.84. The zero-order chi connectivity index (χ0) is 43.4. The first-order valence-corrected chi connectivity index (χ1v) is 24.6. The summed E-state index contributed by atoms with van der Waals surface area (Å²) in [5.41, 5.74) is 10.4. The van der Waals surface area contributed by atoms with Crippen molar-refractivity contribution in [1.29, 1.82) is 0 Å². The van der Waals surface area contributed by atoms with E-state index >= 15 is 0 Å². The molecule has 1 spiro atoms. The van der Waals surface area contributed by atoms with Gasteiger partial charge in [0.2, 0.25) is 0 Å². The summed E-state index contributed by atoms with van der Waals surface area (Å²) in [4.78, 5) is 2.29. The fourth-order valence-corrected chi connectivity index (χ4v) is 16.9. The number of ether oxygens (including phenoxy) is 1. The molecule has 12 aromatic rings. The monoisotopic (exact) mass is 861 g/mol. The first-order valence-electron chi connectivity index (χ1n) is 22.6. The Morgan fingerprint density at radius 1 is 0.318 bits per heavy atom. The Kier molecular flexibility index (Phi) is 7.89. The number of para-hydroxylation sites is 3. The van der Waals surface area contributed by atoms with Gasteiger partial charge in [0.25, 0.3) is 0 Å². The van der Waals surface area contributed by atoms with Gasteiger partial charge < -0.3 is 18.5 Å². The summed E-state index contributed by atoms with van der Waals surface area (Å²) in [6.45, 7) is 0. The maximum Gasteiger partial charge on any atom is 0.180 e. The summed E-state index contributed by atoms with van der Waals surface area (Å²) >= 11 is 0. The van der Waals surface area contributed by atoms with Crippen LogP contribution in [0, 0.1) is 0 Å². The van der Waals surface area contributed by atoms with E-state index in [-0.39, 0.29) is 0 Å². The van der Waals surface area contributed by atoms with Crippen molar-refractivity contribution in [1.82, 2.24) is 0 Å². The summed E-state index contributed by atoms with van der Waals surface area (Å²) < 4.78 is 20.2. The second-order valence-corrected chi connectivity index (χ2v) is 21.2. The van der Waals surface area contributed by atoms with E-state index < -0.39 is 13.5 Å². The van der Waals surface area contributed by atoms with Gasteiger partial charge in [0.15, 0.2) is 8.07 Å². The maximum absolute atomic E-state index is 7.19. The highest BCUT2D eigenvalue weighted by atomic mass is 28.3. The van der Waals surface area contributed by atoms with Crippen LogP contribution in [-0.4, -0.2) is 8.07 Å². The van der Waals surface area contributed by atoms with E-state index in [0.29, 0.717) is 0 Å². The predicted molar refractivity (Wildman–Crippen MR) is 271 cm³/mol. The number of anilines is 3. The first kappa shape index (κ1) is 37.0. The van der Waals surface area contributed by atoms with Gasteiger partial charge in [-0.15, -0.1) is 0 Å². The highest BCUT2D eigenvalue weighted by Gasteiger charge is 2.57. The van der Waals surface area contributed by atoms with Gasteiger partial charge in [-0.2, -0.15) is 0 Å². The number of benzene rings is 10. The third kappa shape index (κ3) is 5.03. The summed E-state index contributed by atoms with van der Waals surface area (Å²) in [7, 11) is -2.88. The first-order chi connectivity index (χ1) is 32.7. The van der Waals surface area contributed by atoms with Crippen LogP contribution in [0.15, 0.2) is 245 Å². The molecule has 0 unspecified atom stereocenters. The number of fused-ring (bicyclic) bond motifs is 14. The van der Waals surface area contributed by atoms with Gasteiger partial charge in [-0.25, -0.2) is 0 Å². The van der Waals surface area contributed by atoms with Gasteiger partial charge in [-0.1, -0.05) is 170 Å². The van der Waals surface area contributed by atoms with Gasteiger partial charge in [0, 0.05) is 67.9 Å². The van der Waals surface area contributed by atoms with Crippen LogP contribution in [0.25, 0.3) is 43.9 Å². The molecule has 2 aliphatic heterocycles. The topological polar surface area (TPSA) is 38.8 Å². The van der Waals surface area contributed by atoms with Gasteiger partial charge >= 0.3 is 0 Å². The molecule has 0 aliphatic carbocycles. The Morgan fingerprint density at radius 2 is 0.742 bits per heavy atom. The standard InChI is InChI=1S/C61H39NO3Si/c1-3-17-43(18-4-1)66(44-19-5-2-6-20-44)59-29-15-10-24-51(59)61(52-25-11-16-30-60(52)66)49-23-9-14-28-55(49)65-58-39-42(33-36-50(58)61)62(40-31-34-47-45-21-7-12-26-53(45)63-56(47)37-40)41-32-35-48-46-22-8-13-27-54(46)64-57(48)38-41/h1-39H.